The van der Waals surface area contributed by atoms with E-state index in [0.29, 0.717) is 46.9 Å². The molecule has 3 aromatic rings. The van der Waals surface area contributed by atoms with Gasteiger partial charge in [-0.15, -0.1) is 0 Å². The molecule has 0 saturated heterocycles. The summed E-state index contributed by atoms with van der Waals surface area (Å²) < 4.78 is 30.4. The number of anilines is 1. The van der Waals surface area contributed by atoms with E-state index in [2.05, 4.69) is 15.0 Å². The summed E-state index contributed by atoms with van der Waals surface area (Å²) in [6.07, 6.45) is 4.18. The van der Waals surface area contributed by atoms with E-state index in [1.54, 1.807) is 43.0 Å². The predicted molar refractivity (Wildman–Crippen MR) is 172 cm³/mol. The van der Waals surface area contributed by atoms with Crippen LogP contribution in [0.15, 0.2) is 54.1 Å². The van der Waals surface area contributed by atoms with Crippen molar-refractivity contribution in [2.45, 2.75) is 76.8 Å². The quantitative estimate of drug-likeness (QED) is 0.262. The number of sulfonamides is 1. The maximum atomic E-state index is 14.3. The summed E-state index contributed by atoms with van der Waals surface area (Å²) in [6.45, 7) is 7.48. The van der Waals surface area contributed by atoms with Crippen LogP contribution >= 0.6 is 11.6 Å². The number of carbonyl (C=O) groups excluding carboxylic acids is 2. The average molecular weight is 626 g/mol. The minimum absolute atomic E-state index is 0.156. The van der Waals surface area contributed by atoms with Crippen molar-refractivity contribution in [3.05, 3.63) is 70.3 Å². The molecule has 0 bridgehead atoms. The van der Waals surface area contributed by atoms with E-state index in [4.69, 9.17) is 17.3 Å². The van der Waals surface area contributed by atoms with Crippen molar-refractivity contribution in [1.29, 1.82) is 0 Å². The summed E-state index contributed by atoms with van der Waals surface area (Å²) in [4.78, 5) is 32.4. The SMILES string of the molecule is CCN(CC1=C(c2ccc(Cl)cc2)S(=O)(=O)NC12CCCCC2)C(=O)C(C)c1c(NC(=O)C(C)(C)N)[nH]c2ccccc12. The van der Waals surface area contributed by atoms with E-state index in [1.165, 1.54) is 0 Å². The number of likely N-dealkylation sites (N-methyl/N-ethyl adjacent to an activating group) is 1. The number of halogens is 1. The first kappa shape index (κ1) is 31.3. The number of nitrogens with one attached hydrogen (secondary N) is 3. The molecule has 5 N–H and O–H groups in total. The molecule has 2 heterocycles. The van der Waals surface area contributed by atoms with Gasteiger partial charge in [-0.1, -0.05) is 61.2 Å². The highest BCUT2D eigenvalue weighted by Gasteiger charge is 2.49. The van der Waals surface area contributed by atoms with Crippen LogP contribution in [-0.4, -0.2) is 54.3 Å². The number of hydrogen-bond donors (Lipinski definition) is 4. The van der Waals surface area contributed by atoms with Gasteiger partial charge in [0.25, 0.3) is 0 Å². The van der Waals surface area contributed by atoms with E-state index in [9.17, 15) is 18.0 Å². The van der Waals surface area contributed by atoms with Gasteiger partial charge in [0.2, 0.25) is 21.8 Å². The molecule has 5 rings (SSSR count). The maximum absolute atomic E-state index is 14.3. The molecule has 1 spiro atoms. The lowest BCUT2D eigenvalue weighted by atomic mass is 9.76. The van der Waals surface area contributed by atoms with Gasteiger partial charge in [0.05, 0.1) is 21.9 Å². The van der Waals surface area contributed by atoms with Crippen molar-refractivity contribution in [2.24, 2.45) is 5.73 Å². The van der Waals surface area contributed by atoms with E-state index >= 15 is 0 Å². The smallest absolute Gasteiger partial charge is 0.244 e. The second-order valence-electron chi connectivity index (χ2n) is 12.3. The average Bonchev–Trinajstić information content (AvgIpc) is 3.42. The van der Waals surface area contributed by atoms with Crippen molar-refractivity contribution in [2.75, 3.05) is 18.4 Å². The Balaban J connectivity index is 1.56. The Labute approximate surface area is 258 Å². The zero-order chi connectivity index (χ0) is 31.2. The van der Waals surface area contributed by atoms with Crippen molar-refractivity contribution in [1.82, 2.24) is 14.6 Å². The Morgan fingerprint density at radius 2 is 1.74 bits per heavy atom. The first-order chi connectivity index (χ1) is 20.3. The molecule has 9 nitrogen and oxygen atoms in total. The number of para-hydroxylation sites is 1. The highest BCUT2D eigenvalue weighted by atomic mass is 35.5. The van der Waals surface area contributed by atoms with Gasteiger partial charge in [-0.05, 0) is 69.9 Å². The number of H-pyrrole nitrogens is 1. The number of nitrogens with zero attached hydrogens (tertiary/aromatic N) is 1. The van der Waals surface area contributed by atoms with E-state index in [0.717, 1.165) is 30.2 Å². The molecule has 1 aromatic heterocycles. The number of carbonyl (C=O) groups is 2. The number of fused-ring (bicyclic) bond motifs is 1. The van der Waals surface area contributed by atoms with Crippen molar-refractivity contribution < 1.29 is 18.0 Å². The van der Waals surface area contributed by atoms with Gasteiger partial charge in [0.1, 0.15) is 5.82 Å². The first-order valence-corrected chi connectivity index (χ1v) is 16.7. The molecule has 2 amide bonds. The molecule has 2 aliphatic rings. The molecule has 1 saturated carbocycles. The van der Waals surface area contributed by atoms with Crippen LogP contribution in [0.4, 0.5) is 5.82 Å². The van der Waals surface area contributed by atoms with Crippen LogP contribution < -0.4 is 15.8 Å². The summed E-state index contributed by atoms with van der Waals surface area (Å²) in [5.41, 5.74) is 6.90. The third-order valence-corrected chi connectivity index (χ3v) is 10.6. The molecule has 1 aliphatic carbocycles. The monoisotopic (exact) mass is 625 g/mol. The second-order valence-corrected chi connectivity index (χ2v) is 14.3. The molecule has 1 aliphatic heterocycles. The second kappa shape index (κ2) is 11.7. The van der Waals surface area contributed by atoms with Crippen molar-refractivity contribution in [3.63, 3.8) is 0 Å². The van der Waals surface area contributed by atoms with E-state index in [-0.39, 0.29) is 23.3 Å². The van der Waals surface area contributed by atoms with E-state index in [1.807, 2.05) is 38.1 Å². The number of nitrogens with two attached hydrogens (primary N) is 1. The fourth-order valence-electron chi connectivity index (χ4n) is 6.38. The zero-order valence-electron chi connectivity index (χ0n) is 25.1. The van der Waals surface area contributed by atoms with E-state index < -0.39 is 27.0 Å². The van der Waals surface area contributed by atoms with Gasteiger partial charge in [-0.3, -0.25) is 9.59 Å². The van der Waals surface area contributed by atoms with Gasteiger partial charge in [-0.25, -0.2) is 13.1 Å². The van der Waals surface area contributed by atoms with Gasteiger partial charge in [0, 0.05) is 34.6 Å². The lowest BCUT2D eigenvalue weighted by molar-refractivity contribution is -0.132. The molecular weight excluding hydrogens is 586 g/mol. The Kier molecular flexibility index (Phi) is 8.52. The standard InChI is InChI=1S/C32H40ClN5O4S/c1-5-38(29(39)20(2)26-23-11-7-8-12-25(23)35-28(26)36-30(40)31(3,4)34)19-24-27(21-13-15-22(33)16-14-21)43(41,42)37-32(24)17-9-6-10-18-32/h7-8,11-16,20,35,37H,5-6,9-10,17-19,34H2,1-4H3,(H,36,40). The van der Waals surface area contributed by atoms with Crippen molar-refractivity contribution in [3.8, 4) is 0 Å². The van der Waals surface area contributed by atoms with Crippen LogP contribution in [0.3, 0.4) is 0 Å². The Morgan fingerprint density at radius 3 is 2.37 bits per heavy atom. The Morgan fingerprint density at radius 1 is 1.09 bits per heavy atom. The molecule has 2 aromatic carbocycles. The van der Waals surface area contributed by atoms with Crippen LogP contribution in [0.25, 0.3) is 15.8 Å². The molecule has 1 atom stereocenters. The third-order valence-electron chi connectivity index (χ3n) is 8.68. The number of aromatic nitrogens is 1. The minimum Gasteiger partial charge on any atom is -0.341 e. The minimum atomic E-state index is -3.83. The van der Waals surface area contributed by atoms with Gasteiger partial charge < -0.3 is 20.9 Å². The largest absolute Gasteiger partial charge is 0.341 e. The summed E-state index contributed by atoms with van der Waals surface area (Å²) in [5.74, 6) is -0.781. The Hall–Kier alpha value is -3.18. The zero-order valence-corrected chi connectivity index (χ0v) is 26.7. The topological polar surface area (TPSA) is 137 Å². The van der Waals surface area contributed by atoms with Crippen LogP contribution in [0.2, 0.25) is 5.02 Å². The number of benzene rings is 2. The van der Waals surface area contributed by atoms with Crippen LogP contribution in [0.1, 0.15) is 76.8 Å². The number of hydrogen-bond acceptors (Lipinski definition) is 5. The maximum Gasteiger partial charge on any atom is 0.244 e. The molecule has 43 heavy (non-hydrogen) atoms. The lowest BCUT2D eigenvalue weighted by Gasteiger charge is -2.37. The highest BCUT2D eigenvalue weighted by molar-refractivity contribution is 7.99. The van der Waals surface area contributed by atoms with Gasteiger partial charge in [-0.2, -0.15) is 0 Å². The van der Waals surface area contributed by atoms with Gasteiger partial charge in [0.15, 0.2) is 0 Å². The summed E-state index contributed by atoms with van der Waals surface area (Å²) in [5, 5.41) is 4.23. The molecule has 0 radical (unpaired) electrons. The number of aromatic amines is 1. The highest BCUT2D eigenvalue weighted by Crippen LogP contribution is 2.46. The van der Waals surface area contributed by atoms with Crippen LogP contribution in [0, 0.1) is 0 Å². The molecule has 1 fully saturated rings. The summed E-state index contributed by atoms with van der Waals surface area (Å²) >= 11 is 6.14. The molecule has 230 valence electrons. The number of amides is 2. The van der Waals surface area contributed by atoms with Crippen LogP contribution in [0.5, 0.6) is 0 Å². The predicted octanol–water partition coefficient (Wildman–Crippen LogP) is 5.50. The first-order valence-electron chi connectivity index (χ1n) is 14.8. The fraction of sp³-hybridized carbons (Fsp3) is 0.438. The fourth-order valence-corrected chi connectivity index (χ4v) is 8.48. The molecule has 1 unspecified atom stereocenters. The van der Waals surface area contributed by atoms with Crippen molar-refractivity contribution >= 4 is 55.1 Å². The molecular formula is C32H40ClN5O4S. The normalized spacial score (nSPS) is 18.7. The van der Waals surface area contributed by atoms with Crippen LogP contribution in [-0.2, 0) is 19.6 Å². The summed E-state index contributed by atoms with van der Waals surface area (Å²) in [6, 6.07) is 14.4. The lowest BCUT2D eigenvalue weighted by Crippen LogP contribution is -2.49. The molecule has 11 heteroatoms. The Bertz CT molecular complexity index is 1680. The summed E-state index contributed by atoms with van der Waals surface area (Å²) in [7, 11) is -3.83. The number of rotatable bonds is 8. The van der Waals surface area contributed by atoms with Gasteiger partial charge >= 0.3 is 0 Å². The third kappa shape index (κ3) is 5.98.